The standard InChI is InChI=1S/C23H26N2O3/c1-16(26)24-20-11-13-21(14-12-20)25-22(15-23(27)28)19-9-7-18(8-10-19)17-5-3-2-4-6-17/h7-15,17,25H,2-6H2,1H3,(H,24,26)(H,27,28)/b22-15+. The predicted molar refractivity (Wildman–Crippen MR) is 112 cm³/mol. The lowest BCUT2D eigenvalue weighted by Gasteiger charge is -2.22. The van der Waals surface area contributed by atoms with Crippen molar-refractivity contribution in [3.63, 3.8) is 0 Å². The molecule has 5 heteroatoms. The van der Waals surface area contributed by atoms with E-state index in [-0.39, 0.29) is 5.91 Å². The molecule has 5 nitrogen and oxygen atoms in total. The lowest BCUT2D eigenvalue weighted by molar-refractivity contribution is -0.131. The number of carbonyl (C=O) groups excluding carboxylic acids is 1. The highest BCUT2D eigenvalue weighted by atomic mass is 16.4. The van der Waals surface area contributed by atoms with Crippen LogP contribution >= 0.6 is 0 Å². The van der Waals surface area contributed by atoms with E-state index in [0.29, 0.717) is 17.3 Å². The van der Waals surface area contributed by atoms with Gasteiger partial charge >= 0.3 is 5.97 Å². The minimum atomic E-state index is -1.01. The number of benzene rings is 2. The van der Waals surface area contributed by atoms with Crippen molar-refractivity contribution in [1.29, 1.82) is 0 Å². The van der Waals surface area contributed by atoms with E-state index >= 15 is 0 Å². The molecule has 0 unspecified atom stereocenters. The van der Waals surface area contributed by atoms with Gasteiger partial charge in [0.25, 0.3) is 0 Å². The van der Waals surface area contributed by atoms with E-state index in [1.165, 1.54) is 50.7 Å². The molecule has 0 spiro atoms. The average Bonchev–Trinajstić information content (AvgIpc) is 2.69. The third-order valence-electron chi connectivity index (χ3n) is 5.05. The van der Waals surface area contributed by atoms with Crippen molar-refractivity contribution < 1.29 is 14.7 Å². The molecule has 28 heavy (non-hydrogen) atoms. The molecule has 2 aromatic carbocycles. The third kappa shape index (κ3) is 5.46. The first-order chi connectivity index (χ1) is 13.5. The number of nitrogens with one attached hydrogen (secondary N) is 2. The fraction of sp³-hybridized carbons (Fsp3) is 0.304. The second-order valence-corrected chi connectivity index (χ2v) is 7.24. The molecule has 0 atom stereocenters. The highest BCUT2D eigenvalue weighted by molar-refractivity contribution is 5.93. The van der Waals surface area contributed by atoms with Gasteiger partial charge in [0.15, 0.2) is 0 Å². The molecule has 146 valence electrons. The Hall–Kier alpha value is -3.08. The maximum atomic E-state index is 11.3. The van der Waals surface area contributed by atoms with Crippen molar-refractivity contribution in [2.45, 2.75) is 44.9 Å². The quantitative estimate of drug-likeness (QED) is 0.601. The maximum absolute atomic E-state index is 11.3. The van der Waals surface area contributed by atoms with E-state index < -0.39 is 5.97 Å². The maximum Gasteiger partial charge on any atom is 0.330 e. The molecule has 2 aromatic rings. The van der Waals surface area contributed by atoms with Gasteiger partial charge < -0.3 is 15.7 Å². The summed E-state index contributed by atoms with van der Waals surface area (Å²) in [4.78, 5) is 22.4. The summed E-state index contributed by atoms with van der Waals surface area (Å²) >= 11 is 0. The fourth-order valence-electron chi connectivity index (χ4n) is 3.68. The minimum absolute atomic E-state index is 0.134. The molecule has 1 amide bonds. The van der Waals surface area contributed by atoms with E-state index in [0.717, 1.165) is 11.3 Å². The number of aliphatic carboxylic acids is 1. The van der Waals surface area contributed by atoms with Crippen LogP contribution in [0.5, 0.6) is 0 Å². The van der Waals surface area contributed by atoms with Crippen LogP contribution in [-0.2, 0) is 9.59 Å². The van der Waals surface area contributed by atoms with Crippen LogP contribution in [0.1, 0.15) is 56.1 Å². The number of rotatable bonds is 6. The van der Waals surface area contributed by atoms with Gasteiger partial charge in [-0.25, -0.2) is 4.79 Å². The molecule has 0 bridgehead atoms. The molecule has 0 heterocycles. The Labute approximate surface area is 165 Å². The fourth-order valence-corrected chi connectivity index (χ4v) is 3.68. The highest BCUT2D eigenvalue weighted by Crippen LogP contribution is 2.33. The summed E-state index contributed by atoms with van der Waals surface area (Å²) in [7, 11) is 0. The zero-order chi connectivity index (χ0) is 19.9. The summed E-state index contributed by atoms with van der Waals surface area (Å²) in [6, 6.07) is 15.3. The number of anilines is 2. The van der Waals surface area contributed by atoms with Crippen LogP contribution in [-0.4, -0.2) is 17.0 Å². The smallest absolute Gasteiger partial charge is 0.330 e. The first-order valence-corrected chi connectivity index (χ1v) is 9.71. The zero-order valence-corrected chi connectivity index (χ0v) is 16.1. The SMILES string of the molecule is CC(=O)Nc1ccc(N/C(=C/C(=O)O)c2ccc(C3CCCCC3)cc2)cc1. The van der Waals surface area contributed by atoms with Crippen LogP contribution in [0.4, 0.5) is 11.4 Å². The van der Waals surface area contributed by atoms with Crippen molar-refractivity contribution in [3.8, 4) is 0 Å². The Morgan fingerprint density at radius 3 is 2.00 bits per heavy atom. The van der Waals surface area contributed by atoms with Gasteiger partial charge in [-0.15, -0.1) is 0 Å². The lowest BCUT2D eigenvalue weighted by atomic mass is 9.84. The van der Waals surface area contributed by atoms with Crippen LogP contribution in [0.15, 0.2) is 54.6 Å². The predicted octanol–water partition coefficient (Wildman–Crippen LogP) is 5.23. The largest absolute Gasteiger partial charge is 0.478 e. The molecule has 1 saturated carbocycles. The van der Waals surface area contributed by atoms with E-state index in [1.807, 2.05) is 12.1 Å². The Balaban J connectivity index is 1.76. The first-order valence-electron chi connectivity index (χ1n) is 9.71. The van der Waals surface area contributed by atoms with Gasteiger partial charge in [-0.3, -0.25) is 4.79 Å². The van der Waals surface area contributed by atoms with Gasteiger partial charge in [0, 0.05) is 24.4 Å². The van der Waals surface area contributed by atoms with Gasteiger partial charge in [0.2, 0.25) is 5.91 Å². The van der Waals surface area contributed by atoms with Crippen molar-refractivity contribution in [1.82, 2.24) is 0 Å². The highest BCUT2D eigenvalue weighted by Gasteiger charge is 2.15. The third-order valence-corrected chi connectivity index (χ3v) is 5.05. The Morgan fingerprint density at radius 1 is 0.893 bits per heavy atom. The monoisotopic (exact) mass is 378 g/mol. The number of hydrogen-bond donors (Lipinski definition) is 3. The molecular weight excluding hydrogens is 352 g/mol. The van der Waals surface area contributed by atoms with Crippen LogP contribution < -0.4 is 10.6 Å². The van der Waals surface area contributed by atoms with Gasteiger partial charge in [-0.1, -0.05) is 43.5 Å². The molecule has 0 saturated heterocycles. The van der Waals surface area contributed by atoms with Crippen LogP contribution in [0, 0.1) is 0 Å². The average molecular weight is 378 g/mol. The zero-order valence-electron chi connectivity index (χ0n) is 16.1. The first kappa shape index (κ1) is 19.7. The summed E-state index contributed by atoms with van der Waals surface area (Å²) in [5.74, 6) is -0.525. The summed E-state index contributed by atoms with van der Waals surface area (Å²) in [5, 5.41) is 15.1. The summed E-state index contributed by atoms with van der Waals surface area (Å²) in [5.41, 5.74) is 4.12. The van der Waals surface area contributed by atoms with Crippen molar-refractivity contribution >= 4 is 28.9 Å². The molecule has 3 rings (SSSR count). The molecule has 1 fully saturated rings. The van der Waals surface area contributed by atoms with E-state index in [9.17, 15) is 14.7 Å². The second-order valence-electron chi connectivity index (χ2n) is 7.24. The topological polar surface area (TPSA) is 78.4 Å². The molecule has 1 aliphatic rings. The minimum Gasteiger partial charge on any atom is -0.478 e. The number of carbonyl (C=O) groups is 2. The Morgan fingerprint density at radius 2 is 1.46 bits per heavy atom. The van der Waals surface area contributed by atoms with Crippen LogP contribution in [0.3, 0.4) is 0 Å². The molecule has 0 aromatic heterocycles. The molecule has 0 aliphatic heterocycles. The number of amides is 1. The molecular formula is C23H26N2O3. The number of carboxylic acid groups (broad SMARTS) is 1. The van der Waals surface area contributed by atoms with E-state index in [4.69, 9.17) is 0 Å². The second kappa shape index (κ2) is 9.22. The Kier molecular flexibility index (Phi) is 6.48. The summed E-state index contributed by atoms with van der Waals surface area (Å²) in [6.45, 7) is 1.46. The normalized spacial score (nSPS) is 15.1. The summed E-state index contributed by atoms with van der Waals surface area (Å²) in [6.07, 6.45) is 7.54. The molecule has 0 radical (unpaired) electrons. The van der Waals surface area contributed by atoms with Crippen molar-refractivity contribution in [2.24, 2.45) is 0 Å². The van der Waals surface area contributed by atoms with Gasteiger partial charge in [0.05, 0.1) is 5.70 Å². The number of carboxylic acids is 1. The lowest BCUT2D eigenvalue weighted by Crippen LogP contribution is -2.07. The van der Waals surface area contributed by atoms with E-state index in [2.05, 4.69) is 22.8 Å². The summed E-state index contributed by atoms with van der Waals surface area (Å²) < 4.78 is 0. The van der Waals surface area contributed by atoms with Crippen molar-refractivity contribution in [2.75, 3.05) is 10.6 Å². The van der Waals surface area contributed by atoms with E-state index in [1.54, 1.807) is 24.3 Å². The van der Waals surface area contributed by atoms with Crippen molar-refractivity contribution in [3.05, 3.63) is 65.7 Å². The number of hydrogen-bond acceptors (Lipinski definition) is 3. The molecule has 1 aliphatic carbocycles. The Bertz CT molecular complexity index is 848. The van der Waals surface area contributed by atoms with Gasteiger partial charge in [0.1, 0.15) is 0 Å². The van der Waals surface area contributed by atoms with Crippen LogP contribution in [0.25, 0.3) is 5.70 Å². The molecule has 3 N–H and O–H groups in total. The van der Waals surface area contributed by atoms with Gasteiger partial charge in [-0.2, -0.15) is 0 Å². The van der Waals surface area contributed by atoms with Gasteiger partial charge in [-0.05, 0) is 54.2 Å². The van der Waals surface area contributed by atoms with Crippen LogP contribution in [0.2, 0.25) is 0 Å².